The van der Waals surface area contributed by atoms with E-state index in [0.717, 1.165) is 0 Å². The summed E-state index contributed by atoms with van der Waals surface area (Å²) in [6.07, 6.45) is 5.54. The van der Waals surface area contributed by atoms with Gasteiger partial charge in [-0.15, -0.1) is 0 Å². The highest BCUT2D eigenvalue weighted by Crippen LogP contribution is 1.89. The molecular weight excluding hydrogens is 346 g/mol. The van der Waals surface area contributed by atoms with Crippen LogP contribution in [-0.2, 0) is 0 Å². The molecule has 3 nitrogen and oxygen atoms in total. The van der Waals surface area contributed by atoms with Crippen molar-refractivity contribution in [2.75, 3.05) is 0 Å². The SMILES string of the molecule is II.[O-][n+]1ccncc1. The zero-order valence-electron chi connectivity index (χ0n) is 4.37. The Bertz CT molecular complexity index is 146. The molecular formula is C4H4I2N2O. The summed E-state index contributed by atoms with van der Waals surface area (Å²) >= 11 is 4.24. The zero-order valence-corrected chi connectivity index (χ0v) is 8.68. The molecule has 0 aliphatic heterocycles. The summed E-state index contributed by atoms with van der Waals surface area (Å²) < 4.78 is 0.688. The van der Waals surface area contributed by atoms with Gasteiger partial charge in [-0.3, -0.25) is 4.98 Å². The van der Waals surface area contributed by atoms with Gasteiger partial charge in [-0.25, -0.2) is 0 Å². The molecule has 0 saturated carbocycles. The van der Waals surface area contributed by atoms with Crippen molar-refractivity contribution in [3.63, 3.8) is 0 Å². The first-order valence-electron chi connectivity index (χ1n) is 2.02. The number of hydrogen-bond acceptors (Lipinski definition) is 2. The van der Waals surface area contributed by atoms with E-state index in [4.69, 9.17) is 0 Å². The van der Waals surface area contributed by atoms with E-state index >= 15 is 0 Å². The second-order valence-corrected chi connectivity index (χ2v) is 1.11. The van der Waals surface area contributed by atoms with Gasteiger partial charge in [-0.1, -0.05) is 0 Å². The zero-order chi connectivity index (χ0) is 7.11. The molecule has 0 N–H and O–H groups in total. The third-order valence-corrected chi connectivity index (χ3v) is 0.599. The Morgan fingerprint density at radius 1 is 1.22 bits per heavy atom. The van der Waals surface area contributed by atoms with Crippen molar-refractivity contribution in [3.05, 3.63) is 30.0 Å². The standard InChI is InChI=1S/C4H4N2O.I2/c7-6-3-1-5-2-4-6;1-2/h1-4H;. The second-order valence-electron chi connectivity index (χ2n) is 1.11. The number of hydrogen-bond donors (Lipinski definition) is 0. The highest BCUT2D eigenvalue weighted by atomic mass is 128. The van der Waals surface area contributed by atoms with Gasteiger partial charge in [0.15, 0.2) is 12.4 Å². The highest BCUT2D eigenvalue weighted by molar-refractivity contribution is 15.0. The Balaban J connectivity index is 0.000000291. The first kappa shape index (κ1) is 9.34. The van der Waals surface area contributed by atoms with Gasteiger partial charge in [0, 0.05) is 37.2 Å². The minimum Gasteiger partial charge on any atom is -0.619 e. The maximum atomic E-state index is 10.1. The number of aromatic nitrogens is 2. The highest BCUT2D eigenvalue weighted by Gasteiger charge is 1.76. The Morgan fingerprint density at radius 2 is 1.67 bits per heavy atom. The monoisotopic (exact) mass is 350 g/mol. The molecule has 1 aromatic heterocycles. The fourth-order valence-electron chi connectivity index (χ4n) is 0.308. The predicted octanol–water partition coefficient (Wildman–Crippen LogP) is 1.49. The van der Waals surface area contributed by atoms with E-state index in [2.05, 4.69) is 42.2 Å². The third kappa shape index (κ3) is 4.82. The van der Waals surface area contributed by atoms with E-state index in [1.165, 1.54) is 24.8 Å². The number of halogens is 2. The Morgan fingerprint density at radius 3 is 1.89 bits per heavy atom. The minimum absolute atomic E-state index is 0.688. The Labute approximate surface area is 76.4 Å². The van der Waals surface area contributed by atoms with E-state index in [9.17, 15) is 5.21 Å². The topological polar surface area (TPSA) is 39.8 Å². The first-order valence-corrected chi connectivity index (χ1v) is 8.31. The van der Waals surface area contributed by atoms with Crippen LogP contribution in [0, 0.1) is 5.21 Å². The van der Waals surface area contributed by atoms with Crippen LogP contribution < -0.4 is 4.73 Å². The molecule has 0 amide bonds. The van der Waals surface area contributed by atoms with Crippen LogP contribution in [0.2, 0.25) is 0 Å². The van der Waals surface area contributed by atoms with Crippen molar-refractivity contribution < 1.29 is 4.73 Å². The predicted molar refractivity (Wildman–Crippen MR) is 51.2 cm³/mol. The average Bonchev–Trinajstić information content (AvgIpc) is 1.94. The van der Waals surface area contributed by atoms with Gasteiger partial charge < -0.3 is 5.21 Å². The maximum absolute atomic E-state index is 10.1. The maximum Gasteiger partial charge on any atom is 0.198 e. The summed E-state index contributed by atoms with van der Waals surface area (Å²) in [5.41, 5.74) is 0. The summed E-state index contributed by atoms with van der Waals surface area (Å²) in [5, 5.41) is 10.1. The first-order chi connectivity index (χ1) is 4.39. The second kappa shape index (κ2) is 6.46. The van der Waals surface area contributed by atoms with Gasteiger partial charge in [-0.2, -0.15) is 4.73 Å². The Kier molecular flexibility index (Phi) is 6.70. The van der Waals surface area contributed by atoms with Crippen molar-refractivity contribution in [2.24, 2.45) is 0 Å². The normalized spacial score (nSPS) is 7.33. The summed E-state index contributed by atoms with van der Waals surface area (Å²) in [6.45, 7) is 0. The number of rotatable bonds is 0. The van der Waals surface area contributed by atoms with Crippen LogP contribution in [0.3, 0.4) is 0 Å². The molecule has 0 unspecified atom stereocenters. The lowest BCUT2D eigenvalue weighted by atomic mass is 10.8. The van der Waals surface area contributed by atoms with Crippen LogP contribution in [0.1, 0.15) is 0 Å². The number of nitrogens with zero attached hydrogens (tertiary/aromatic N) is 2. The van der Waals surface area contributed by atoms with E-state index in [-0.39, 0.29) is 0 Å². The van der Waals surface area contributed by atoms with Crippen LogP contribution in [0.4, 0.5) is 0 Å². The summed E-state index contributed by atoms with van der Waals surface area (Å²) in [4.78, 5) is 3.62. The molecule has 0 bridgehead atoms. The van der Waals surface area contributed by atoms with Gasteiger partial charge in [0.05, 0.1) is 12.4 Å². The van der Waals surface area contributed by atoms with Crippen molar-refractivity contribution in [1.29, 1.82) is 0 Å². The summed E-state index contributed by atoms with van der Waals surface area (Å²) in [5.74, 6) is 0. The van der Waals surface area contributed by atoms with Crippen molar-refractivity contribution >= 4 is 37.2 Å². The van der Waals surface area contributed by atoms with Gasteiger partial charge in [0.25, 0.3) is 0 Å². The van der Waals surface area contributed by atoms with Crippen LogP contribution in [0.15, 0.2) is 24.8 Å². The van der Waals surface area contributed by atoms with Gasteiger partial charge >= 0.3 is 0 Å². The van der Waals surface area contributed by atoms with Crippen LogP contribution >= 0.6 is 37.2 Å². The minimum atomic E-state index is 0.688. The van der Waals surface area contributed by atoms with E-state index < -0.39 is 0 Å². The van der Waals surface area contributed by atoms with Gasteiger partial charge in [-0.05, 0) is 0 Å². The fourth-order valence-corrected chi connectivity index (χ4v) is 0.308. The smallest absolute Gasteiger partial charge is 0.198 e. The molecule has 0 saturated heterocycles. The van der Waals surface area contributed by atoms with Crippen LogP contribution in [-0.4, -0.2) is 4.98 Å². The fraction of sp³-hybridized carbons (Fsp3) is 0. The summed E-state index contributed by atoms with van der Waals surface area (Å²) in [7, 11) is 0. The molecule has 9 heavy (non-hydrogen) atoms. The van der Waals surface area contributed by atoms with Gasteiger partial charge in [0.2, 0.25) is 0 Å². The average molecular weight is 350 g/mol. The molecule has 0 radical (unpaired) electrons. The molecule has 0 aromatic carbocycles. The molecule has 0 fully saturated rings. The molecule has 0 aliphatic rings. The van der Waals surface area contributed by atoms with E-state index in [1.54, 1.807) is 0 Å². The van der Waals surface area contributed by atoms with Crippen molar-refractivity contribution in [1.82, 2.24) is 4.98 Å². The van der Waals surface area contributed by atoms with E-state index in [0.29, 0.717) is 4.73 Å². The quantitative estimate of drug-likeness (QED) is 0.404. The molecule has 0 aliphatic carbocycles. The molecule has 1 rings (SSSR count). The molecule has 5 heteroatoms. The molecule has 0 atom stereocenters. The Hall–Kier alpha value is 0.340. The molecule has 50 valence electrons. The lowest BCUT2D eigenvalue weighted by Crippen LogP contribution is -2.23. The summed E-state index contributed by atoms with van der Waals surface area (Å²) in [6, 6.07) is 0. The van der Waals surface area contributed by atoms with Crippen molar-refractivity contribution in [2.45, 2.75) is 0 Å². The third-order valence-electron chi connectivity index (χ3n) is 0.599. The molecule has 0 spiro atoms. The lowest BCUT2D eigenvalue weighted by Gasteiger charge is -1.87. The van der Waals surface area contributed by atoms with Gasteiger partial charge in [0.1, 0.15) is 0 Å². The van der Waals surface area contributed by atoms with Crippen molar-refractivity contribution in [3.8, 4) is 0 Å². The molecule has 1 heterocycles. The van der Waals surface area contributed by atoms with E-state index in [1.807, 2.05) is 0 Å². The van der Waals surface area contributed by atoms with Crippen LogP contribution in [0.5, 0.6) is 0 Å². The lowest BCUT2D eigenvalue weighted by molar-refractivity contribution is -0.606. The largest absolute Gasteiger partial charge is 0.619 e. The molecule has 1 aromatic rings. The van der Waals surface area contributed by atoms with Crippen LogP contribution in [0.25, 0.3) is 0 Å².